The molecule has 0 radical (unpaired) electrons. The number of ether oxygens (including phenoxy) is 2. The topological polar surface area (TPSA) is 55.8 Å². The molecule has 1 aromatic carbocycles. The van der Waals surface area contributed by atoms with E-state index in [1.165, 1.54) is 4.90 Å². The number of carbonyl (C=O) groups excluding carboxylic acids is 2. The van der Waals surface area contributed by atoms with E-state index >= 15 is 0 Å². The molecule has 1 saturated heterocycles. The molecule has 0 N–H and O–H groups in total. The van der Waals surface area contributed by atoms with E-state index in [1.54, 1.807) is 0 Å². The maximum atomic E-state index is 12.3. The predicted molar refractivity (Wildman–Crippen MR) is 87.1 cm³/mol. The molecule has 0 unspecified atom stereocenters. The average molecular weight is 319 g/mol. The summed E-state index contributed by atoms with van der Waals surface area (Å²) in [6, 6.07) is 9.62. The van der Waals surface area contributed by atoms with Crippen molar-refractivity contribution in [1.29, 1.82) is 0 Å². The smallest absolute Gasteiger partial charge is 0.416 e. The third-order valence-electron chi connectivity index (χ3n) is 3.87. The molecule has 5 nitrogen and oxygen atoms in total. The van der Waals surface area contributed by atoms with Crippen LogP contribution in [0.5, 0.6) is 0 Å². The maximum Gasteiger partial charge on any atom is 0.416 e. The molecule has 2 amide bonds. The Bertz CT molecular complexity index is 503. The number of benzene rings is 1. The van der Waals surface area contributed by atoms with Gasteiger partial charge in [-0.3, -0.25) is 4.79 Å². The number of imide groups is 1. The van der Waals surface area contributed by atoms with Crippen LogP contribution in [-0.2, 0) is 20.7 Å². The van der Waals surface area contributed by atoms with Crippen molar-refractivity contribution >= 4 is 12.0 Å². The van der Waals surface area contributed by atoms with Crippen molar-refractivity contribution in [3.05, 3.63) is 35.9 Å². The second kappa shape index (κ2) is 9.30. The lowest BCUT2D eigenvalue weighted by Gasteiger charge is -2.19. The molecular weight excluding hydrogens is 294 g/mol. The standard InChI is InChI=1S/C18H25NO4/c1-2-3-11-22-12-7-10-17(20)19-16(14-23-18(19)21)13-15-8-5-4-6-9-15/h4-6,8-9,16H,2-3,7,10-14H2,1H3/t16-/m0/s1. The van der Waals surface area contributed by atoms with E-state index in [2.05, 4.69) is 6.92 Å². The second-order valence-electron chi connectivity index (χ2n) is 5.75. The summed E-state index contributed by atoms with van der Waals surface area (Å²) in [5.41, 5.74) is 1.09. The Kier molecular flexibility index (Phi) is 7.07. The Balaban J connectivity index is 1.80. The zero-order chi connectivity index (χ0) is 16.5. The number of amides is 2. The third kappa shape index (κ3) is 5.36. The van der Waals surface area contributed by atoms with Gasteiger partial charge in [0, 0.05) is 19.6 Å². The second-order valence-corrected chi connectivity index (χ2v) is 5.75. The van der Waals surface area contributed by atoms with Gasteiger partial charge in [-0.25, -0.2) is 9.69 Å². The Morgan fingerprint density at radius 1 is 1.26 bits per heavy atom. The van der Waals surface area contributed by atoms with Crippen LogP contribution in [0.25, 0.3) is 0 Å². The van der Waals surface area contributed by atoms with Gasteiger partial charge in [-0.2, -0.15) is 0 Å². The van der Waals surface area contributed by atoms with Gasteiger partial charge in [0.15, 0.2) is 0 Å². The zero-order valence-corrected chi connectivity index (χ0v) is 13.7. The number of nitrogens with zero attached hydrogens (tertiary/aromatic N) is 1. The van der Waals surface area contributed by atoms with E-state index in [9.17, 15) is 9.59 Å². The minimum Gasteiger partial charge on any atom is -0.447 e. The van der Waals surface area contributed by atoms with E-state index in [-0.39, 0.29) is 18.6 Å². The van der Waals surface area contributed by atoms with Crippen LogP contribution in [0.15, 0.2) is 30.3 Å². The van der Waals surface area contributed by atoms with Crippen LogP contribution < -0.4 is 0 Å². The monoisotopic (exact) mass is 319 g/mol. The molecule has 2 rings (SSSR count). The Morgan fingerprint density at radius 3 is 2.74 bits per heavy atom. The third-order valence-corrected chi connectivity index (χ3v) is 3.87. The first kappa shape index (κ1) is 17.5. The van der Waals surface area contributed by atoms with Crippen molar-refractivity contribution in [2.75, 3.05) is 19.8 Å². The summed E-state index contributed by atoms with van der Waals surface area (Å²) in [6.07, 6.45) is 3.18. The number of carbonyl (C=O) groups is 2. The summed E-state index contributed by atoms with van der Waals surface area (Å²) in [5, 5.41) is 0. The number of cyclic esters (lactones) is 1. The van der Waals surface area contributed by atoms with E-state index < -0.39 is 6.09 Å². The van der Waals surface area contributed by atoms with Gasteiger partial charge in [0.05, 0.1) is 6.04 Å². The summed E-state index contributed by atoms with van der Waals surface area (Å²) < 4.78 is 10.5. The SMILES string of the molecule is CCCCOCCCC(=O)N1C(=O)OC[C@@H]1Cc1ccccc1. The zero-order valence-electron chi connectivity index (χ0n) is 13.7. The van der Waals surface area contributed by atoms with Gasteiger partial charge in [-0.1, -0.05) is 43.7 Å². The van der Waals surface area contributed by atoms with Crippen molar-refractivity contribution in [2.45, 2.75) is 45.1 Å². The summed E-state index contributed by atoms with van der Waals surface area (Å²) >= 11 is 0. The van der Waals surface area contributed by atoms with Gasteiger partial charge in [0.25, 0.3) is 0 Å². The van der Waals surface area contributed by atoms with Crippen LogP contribution in [0.3, 0.4) is 0 Å². The van der Waals surface area contributed by atoms with E-state index in [0.717, 1.165) is 25.0 Å². The molecule has 1 fully saturated rings. The lowest BCUT2D eigenvalue weighted by Crippen LogP contribution is -2.40. The molecule has 0 aliphatic carbocycles. The lowest BCUT2D eigenvalue weighted by atomic mass is 10.1. The first-order chi connectivity index (χ1) is 11.2. The van der Waals surface area contributed by atoms with Crippen molar-refractivity contribution in [3.8, 4) is 0 Å². The normalized spacial score (nSPS) is 17.3. The lowest BCUT2D eigenvalue weighted by molar-refractivity contribution is -0.129. The van der Waals surface area contributed by atoms with Gasteiger partial charge in [0.1, 0.15) is 6.61 Å². The van der Waals surface area contributed by atoms with Gasteiger partial charge in [0.2, 0.25) is 5.91 Å². The number of hydrogen-bond donors (Lipinski definition) is 0. The molecule has 5 heteroatoms. The van der Waals surface area contributed by atoms with Crippen LogP contribution in [-0.4, -0.2) is 42.8 Å². The molecular formula is C18H25NO4. The van der Waals surface area contributed by atoms with Crippen LogP contribution in [0, 0.1) is 0 Å². The van der Waals surface area contributed by atoms with Crippen molar-refractivity contribution in [2.24, 2.45) is 0 Å². The van der Waals surface area contributed by atoms with Crippen LogP contribution in [0.1, 0.15) is 38.2 Å². The van der Waals surface area contributed by atoms with Crippen LogP contribution in [0.2, 0.25) is 0 Å². The highest BCUT2D eigenvalue weighted by Gasteiger charge is 2.37. The van der Waals surface area contributed by atoms with Crippen molar-refractivity contribution in [3.63, 3.8) is 0 Å². The summed E-state index contributed by atoms with van der Waals surface area (Å²) in [7, 11) is 0. The molecule has 1 aliphatic rings. The van der Waals surface area contributed by atoms with Gasteiger partial charge in [-0.15, -0.1) is 0 Å². The van der Waals surface area contributed by atoms with E-state index in [0.29, 0.717) is 25.9 Å². The molecule has 0 spiro atoms. The summed E-state index contributed by atoms with van der Waals surface area (Å²) in [6.45, 7) is 3.66. The highest BCUT2D eigenvalue weighted by atomic mass is 16.6. The number of hydrogen-bond acceptors (Lipinski definition) is 4. The Labute approximate surface area is 137 Å². The van der Waals surface area contributed by atoms with Crippen molar-refractivity contribution < 1.29 is 19.1 Å². The molecule has 126 valence electrons. The average Bonchev–Trinajstić information content (AvgIpc) is 2.92. The van der Waals surface area contributed by atoms with E-state index in [1.807, 2.05) is 30.3 Å². The predicted octanol–water partition coefficient (Wildman–Crippen LogP) is 3.17. The fraction of sp³-hybridized carbons (Fsp3) is 0.556. The highest BCUT2D eigenvalue weighted by Crippen LogP contribution is 2.18. The minimum absolute atomic E-state index is 0.174. The molecule has 1 aromatic rings. The molecule has 0 aromatic heterocycles. The number of rotatable bonds is 9. The molecule has 0 saturated carbocycles. The molecule has 23 heavy (non-hydrogen) atoms. The molecule has 1 atom stereocenters. The minimum atomic E-state index is -0.525. The van der Waals surface area contributed by atoms with Gasteiger partial charge in [-0.05, 0) is 24.8 Å². The first-order valence-electron chi connectivity index (χ1n) is 8.33. The van der Waals surface area contributed by atoms with E-state index in [4.69, 9.17) is 9.47 Å². The summed E-state index contributed by atoms with van der Waals surface area (Å²) in [4.78, 5) is 25.4. The molecule has 1 heterocycles. The Morgan fingerprint density at radius 2 is 2.00 bits per heavy atom. The van der Waals surface area contributed by atoms with Crippen molar-refractivity contribution in [1.82, 2.24) is 4.90 Å². The summed E-state index contributed by atoms with van der Waals surface area (Å²) in [5.74, 6) is -0.174. The number of unbranched alkanes of at least 4 members (excludes halogenated alkanes) is 1. The maximum absolute atomic E-state index is 12.3. The van der Waals surface area contributed by atoms with Gasteiger partial charge >= 0.3 is 6.09 Å². The quantitative estimate of drug-likeness (QED) is 0.656. The molecule has 0 bridgehead atoms. The van der Waals surface area contributed by atoms with Crippen LogP contribution in [0.4, 0.5) is 4.79 Å². The Hall–Kier alpha value is -1.88. The highest BCUT2D eigenvalue weighted by molar-refractivity contribution is 5.93. The fourth-order valence-electron chi connectivity index (χ4n) is 2.60. The van der Waals surface area contributed by atoms with Gasteiger partial charge < -0.3 is 9.47 Å². The fourth-order valence-corrected chi connectivity index (χ4v) is 2.60. The first-order valence-corrected chi connectivity index (χ1v) is 8.33. The molecule has 1 aliphatic heterocycles. The largest absolute Gasteiger partial charge is 0.447 e. The van der Waals surface area contributed by atoms with Crippen LogP contribution >= 0.6 is 0 Å².